The molecule has 0 saturated heterocycles. The van der Waals surface area contributed by atoms with Gasteiger partial charge in [0.05, 0.1) is 5.71 Å². The van der Waals surface area contributed by atoms with Gasteiger partial charge in [-0.2, -0.15) is 0 Å². The molecule has 1 unspecified atom stereocenters. The van der Waals surface area contributed by atoms with Gasteiger partial charge in [-0.3, -0.25) is 15.2 Å². The van der Waals surface area contributed by atoms with Crippen molar-refractivity contribution in [2.75, 3.05) is 11.4 Å². The Hall–Kier alpha value is -2.49. The molecule has 24 heavy (non-hydrogen) atoms. The van der Waals surface area contributed by atoms with Crippen molar-refractivity contribution >= 4 is 17.3 Å². The SMILES string of the molecule is Cc1cncc(C(C)CC(=N)C(=O)N2CCCc3ccccc32)c1. The first-order valence-electron chi connectivity index (χ1n) is 8.45. The molecule has 124 valence electrons. The number of aromatic nitrogens is 1. The normalized spacial score (nSPS) is 14.8. The fourth-order valence-electron chi connectivity index (χ4n) is 3.27. The van der Waals surface area contributed by atoms with E-state index in [4.69, 9.17) is 5.41 Å². The lowest BCUT2D eigenvalue weighted by atomic mass is 9.94. The highest BCUT2D eigenvalue weighted by Crippen LogP contribution is 2.28. The van der Waals surface area contributed by atoms with Crippen molar-refractivity contribution in [2.24, 2.45) is 0 Å². The molecule has 2 aromatic rings. The van der Waals surface area contributed by atoms with Crippen LogP contribution in [0.2, 0.25) is 0 Å². The van der Waals surface area contributed by atoms with Crippen LogP contribution < -0.4 is 4.90 Å². The van der Waals surface area contributed by atoms with E-state index in [0.717, 1.165) is 29.7 Å². The lowest BCUT2D eigenvalue weighted by molar-refractivity contribution is -0.112. The summed E-state index contributed by atoms with van der Waals surface area (Å²) in [7, 11) is 0. The molecule has 0 saturated carbocycles. The van der Waals surface area contributed by atoms with Crippen LogP contribution in [0.1, 0.15) is 42.4 Å². The zero-order valence-electron chi connectivity index (χ0n) is 14.2. The molecule has 4 nitrogen and oxygen atoms in total. The molecule has 0 aliphatic carbocycles. The summed E-state index contributed by atoms with van der Waals surface area (Å²) < 4.78 is 0. The van der Waals surface area contributed by atoms with E-state index in [1.165, 1.54) is 5.56 Å². The van der Waals surface area contributed by atoms with Crippen LogP contribution in [0, 0.1) is 12.3 Å². The number of nitrogens with one attached hydrogen (secondary N) is 1. The lowest BCUT2D eigenvalue weighted by Crippen LogP contribution is -2.40. The molecule has 0 fully saturated rings. The lowest BCUT2D eigenvalue weighted by Gasteiger charge is -2.30. The highest BCUT2D eigenvalue weighted by atomic mass is 16.2. The summed E-state index contributed by atoms with van der Waals surface area (Å²) in [5.41, 5.74) is 4.50. The fourth-order valence-corrected chi connectivity index (χ4v) is 3.27. The van der Waals surface area contributed by atoms with Gasteiger partial charge in [-0.05, 0) is 48.4 Å². The Morgan fingerprint density at radius 2 is 2.12 bits per heavy atom. The minimum Gasteiger partial charge on any atom is -0.307 e. The maximum atomic E-state index is 12.8. The molecule has 1 aliphatic heterocycles. The number of pyridine rings is 1. The molecule has 0 bridgehead atoms. The van der Waals surface area contributed by atoms with Crippen LogP contribution in [0.25, 0.3) is 0 Å². The van der Waals surface area contributed by atoms with Crippen molar-refractivity contribution in [3.63, 3.8) is 0 Å². The van der Waals surface area contributed by atoms with Gasteiger partial charge in [0.15, 0.2) is 0 Å². The third kappa shape index (κ3) is 3.37. The predicted octanol–water partition coefficient (Wildman–Crippen LogP) is 3.88. The maximum absolute atomic E-state index is 12.8. The van der Waals surface area contributed by atoms with Gasteiger partial charge in [-0.15, -0.1) is 0 Å². The second-order valence-corrected chi connectivity index (χ2v) is 6.57. The summed E-state index contributed by atoms with van der Waals surface area (Å²) in [5, 5.41) is 8.29. The van der Waals surface area contributed by atoms with Crippen LogP contribution in [-0.4, -0.2) is 23.1 Å². The molecule has 4 heteroatoms. The van der Waals surface area contributed by atoms with E-state index in [2.05, 4.69) is 17.1 Å². The Labute approximate surface area is 143 Å². The summed E-state index contributed by atoms with van der Waals surface area (Å²) in [6.07, 6.45) is 6.03. The van der Waals surface area contributed by atoms with E-state index < -0.39 is 0 Å². The number of hydrogen-bond donors (Lipinski definition) is 1. The van der Waals surface area contributed by atoms with E-state index >= 15 is 0 Å². The molecule has 2 heterocycles. The van der Waals surface area contributed by atoms with E-state index in [1.807, 2.05) is 44.4 Å². The first-order chi connectivity index (χ1) is 11.6. The number of benzene rings is 1. The average molecular weight is 321 g/mol. The molecular weight excluding hydrogens is 298 g/mol. The largest absolute Gasteiger partial charge is 0.307 e. The summed E-state index contributed by atoms with van der Waals surface area (Å²) in [5.74, 6) is -0.0662. The van der Waals surface area contributed by atoms with E-state index in [1.54, 1.807) is 4.90 Å². The van der Waals surface area contributed by atoms with Crippen LogP contribution in [0.3, 0.4) is 0 Å². The smallest absolute Gasteiger partial charge is 0.271 e. The topological polar surface area (TPSA) is 57.1 Å². The number of rotatable bonds is 4. The first-order valence-corrected chi connectivity index (χ1v) is 8.45. The van der Waals surface area contributed by atoms with Crippen LogP contribution in [0.15, 0.2) is 42.7 Å². The first kappa shape index (κ1) is 16.4. The molecular formula is C20H23N3O. The van der Waals surface area contributed by atoms with Gasteiger partial charge in [0.1, 0.15) is 0 Å². The van der Waals surface area contributed by atoms with Crippen molar-refractivity contribution < 1.29 is 4.79 Å². The van der Waals surface area contributed by atoms with Crippen LogP contribution in [0.5, 0.6) is 0 Å². The van der Waals surface area contributed by atoms with Crippen molar-refractivity contribution in [3.8, 4) is 0 Å². The Morgan fingerprint density at radius 1 is 1.33 bits per heavy atom. The molecule has 1 aromatic carbocycles. The molecule has 1 aromatic heterocycles. The van der Waals surface area contributed by atoms with Crippen LogP contribution in [-0.2, 0) is 11.2 Å². The number of carbonyl (C=O) groups excluding carboxylic acids is 1. The predicted molar refractivity (Wildman–Crippen MR) is 96.8 cm³/mol. The van der Waals surface area contributed by atoms with Gasteiger partial charge >= 0.3 is 0 Å². The van der Waals surface area contributed by atoms with Crippen molar-refractivity contribution in [2.45, 2.75) is 39.0 Å². The quantitative estimate of drug-likeness (QED) is 0.869. The van der Waals surface area contributed by atoms with Gasteiger partial charge in [0.2, 0.25) is 0 Å². The van der Waals surface area contributed by atoms with Gasteiger partial charge in [-0.25, -0.2) is 0 Å². The summed E-state index contributed by atoms with van der Waals surface area (Å²) >= 11 is 0. The standard InChI is InChI=1S/C20H23N3O/c1-14-10-17(13-22-12-14)15(2)11-18(21)20(24)23-9-5-7-16-6-3-4-8-19(16)23/h3-4,6,8,10,12-13,15,21H,5,7,9,11H2,1-2H3. The number of hydrogen-bond acceptors (Lipinski definition) is 3. The minimum atomic E-state index is -0.172. The van der Waals surface area contributed by atoms with Gasteiger partial charge in [0, 0.05) is 31.0 Å². The Kier molecular flexibility index (Phi) is 4.74. The molecule has 1 amide bonds. The summed E-state index contributed by atoms with van der Waals surface area (Å²) in [6.45, 7) is 4.74. The minimum absolute atomic E-state index is 0.105. The number of nitrogens with zero attached hydrogens (tertiary/aromatic N) is 2. The Bertz CT molecular complexity index is 769. The van der Waals surface area contributed by atoms with Crippen molar-refractivity contribution in [1.82, 2.24) is 4.98 Å². The third-order valence-electron chi connectivity index (χ3n) is 4.59. The monoisotopic (exact) mass is 321 g/mol. The number of carbonyl (C=O) groups is 1. The maximum Gasteiger partial charge on any atom is 0.271 e. The van der Waals surface area contributed by atoms with Gasteiger partial charge in [-0.1, -0.05) is 31.2 Å². The third-order valence-corrected chi connectivity index (χ3v) is 4.59. The van der Waals surface area contributed by atoms with Crippen LogP contribution >= 0.6 is 0 Å². The molecule has 1 N–H and O–H groups in total. The summed E-state index contributed by atoms with van der Waals surface area (Å²) in [4.78, 5) is 18.8. The van der Waals surface area contributed by atoms with Crippen molar-refractivity contribution in [1.29, 1.82) is 5.41 Å². The number of amides is 1. The zero-order chi connectivity index (χ0) is 17.1. The second kappa shape index (κ2) is 6.95. The highest BCUT2D eigenvalue weighted by molar-refractivity contribution is 6.42. The fraction of sp³-hybridized carbons (Fsp3) is 0.350. The Balaban J connectivity index is 1.73. The van der Waals surface area contributed by atoms with E-state index in [9.17, 15) is 4.79 Å². The van der Waals surface area contributed by atoms with E-state index in [0.29, 0.717) is 13.0 Å². The van der Waals surface area contributed by atoms with E-state index in [-0.39, 0.29) is 17.5 Å². The number of para-hydroxylation sites is 1. The van der Waals surface area contributed by atoms with Crippen LogP contribution in [0.4, 0.5) is 5.69 Å². The number of anilines is 1. The Morgan fingerprint density at radius 3 is 2.92 bits per heavy atom. The number of fused-ring (bicyclic) bond motifs is 1. The molecule has 1 atom stereocenters. The average Bonchev–Trinajstić information content (AvgIpc) is 2.60. The second-order valence-electron chi connectivity index (χ2n) is 6.57. The molecule has 3 rings (SSSR count). The van der Waals surface area contributed by atoms with Gasteiger partial charge in [0.25, 0.3) is 5.91 Å². The summed E-state index contributed by atoms with van der Waals surface area (Å²) in [6, 6.07) is 10.1. The zero-order valence-corrected chi connectivity index (χ0v) is 14.2. The van der Waals surface area contributed by atoms with Gasteiger partial charge < -0.3 is 4.90 Å². The number of aryl methyl sites for hydroxylation is 2. The molecule has 0 radical (unpaired) electrons. The van der Waals surface area contributed by atoms with Crippen molar-refractivity contribution in [3.05, 3.63) is 59.4 Å². The molecule has 1 aliphatic rings. The molecule has 0 spiro atoms. The highest BCUT2D eigenvalue weighted by Gasteiger charge is 2.26.